The largest absolute Gasteiger partial charge is 0.378 e. The van der Waals surface area contributed by atoms with Crippen LogP contribution >= 0.6 is 0 Å². The van der Waals surface area contributed by atoms with Gasteiger partial charge in [0.25, 0.3) is 0 Å². The van der Waals surface area contributed by atoms with Gasteiger partial charge in [0.05, 0.1) is 6.10 Å². The van der Waals surface area contributed by atoms with Crippen LogP contribution < -0.4 is 0 Å². The predicted molar refractivity (Wildman–Crippen MR) is 29.2 cm³/mol. The van der Waals surface area contributed by atoms with Crippen LogP contribution in [0.5, 0.6) is 0 Å². The molecule has 1 rings (SSSR count). The molecule has 1 fully saturated rings. The lowest BCUT2D eigenvalue weighted by Crippen LogP contribution is -2.31. The Morgan fingerprint density at radius 2 is 2.14 bits per heavy atom. The maximum Gasteiger partial charge on any atom is 0.0619 e. The quantitative estimate of drug-likeness (QED) is 0.484. The van der Waals surface area contributed by atoms with Gasteiger partial charge < -0.3 is 4.74 Å². The average Bonchev–Trinajstić information content (AvgIpc) is 1.23. The van der Waals surface area contributed by atoms with Gasteiger partial charge in [-0.05, 0) is 12.3 Å². The van der Waals surface area contributed by atoms with Gasteiger partial charge in [0.15, 0.2) is 0 Å². The molecule has 0 aromatic rings. The van der Waals surface area contributed by atoms with Crippen LogP contribution in [0.25, 0.3) is 0 Å². The van der Waals surface area contributed by atoms with Crippen LogP contribution in [-0.4, -0.2) is 12.7 Å². The highest BCUT2D eigenvalue weighted by Crippen LogP contribution is 2.18. The van der Waals surface area contributed by atoms with Gasteiger partial charge in [0, 0.05) is 6.61 Å². The minimum Gasteiger partial charge on any atom is -0.378 e. The molecule has 1 aliphatic rings. The molecule has 1 heteroatoms. The van der Waals surface area contributed by atoms with Crippen molar-refractivity contribution in [2.45, 2.75) is 26.4 Å². The van der Waals surface area contributed by atoms with Crippen LogP contribution in [0.2, 0.25) is 0 Å². The van der Waals surface area contributed by atoms with Crippen molar-refractivity contribution in [1.29, 1.82) is 0 Å². The fourth-order valence-electron chi connectivity index (χ4n) is 0.780. The Morgan fingerprint density at radius 1 is 1.57 bits per heavy atom. The molecule has 42 valence electrons. The number of rotatable bonds is 1. The summed E-state index contributed by atoms with van der Waals surface area (Å²) in [5.74, 6) is 0.730. The van der Waals surface area contributed by atoms with Gasteiger partial charge in [-0.2, -0.15) is 0 Å². The normalized spacial score (nSPS) is 30.4. The Hall–Kier alpha value is -0.0400. The van der Waals surface area contributed by atoms with Crippen LogP contribution in [-0.2, 0) is 4.74 Å². The summed E-state index contributed by atoms with van der Waals surface area (Å²) in [6.45, 7) is 5.39. The Balaban J connectivity index is 2.14. The average molecular weight is 100 g/mol. The molecule has 1 aliphatic heterocycles. The van der Waals surface area contributed by atoms with Gasteiger partial charge in [-0.3, -0.25) is 0 Å². The summed E-state index contributed by atoms with van der Waals surface area (Å²) in [5.41, 5.74) is 0. The van der Waals surface area contributed by atoms with Crippen molar-refractivity contribution in [2.75, 3.05) is 6.61 Å². The maximum atomic E-state index is 5.19. The van der Waals surface area contributed by atoms with Crippen molar-refractivity contribution in [3.63, 3.8) is 0 Å². The van der Waals surface area contributed by atoms with Gasteiger partial charge >= 0.3 is 0 Å². The summed E-state index contributed by atoms with van der Waals surface area (Å²) < 4.78 is 5.19. The van der Waals surface area contributed by atoms with Crippen molar-refractivity contribution < 1.29 is 4.74 Å². The van der Waals surface area contributed by atoms with Crippen molar-refractivity contribution in [3.8, 4) is 0 Å². The predicted octanol–water partition coefficient (Wildman–Crippen LogP) is 1.43. The topological polar surface area (TPSA) is 9.23 Å². The summed E-state index contributed by atoms with van der Waals surface area (Å²) >= 11 is 0. The second-order valence-electron chi connectivity index (χ2n) is 2.44. The SMILES string of the molecule is CC(C)C1CCO1. The lowest BCUT2D eigenvalue weighted by atomic mass is 10.0. The number of hydrogen-bond acceptors (Lipinski definition) is 1. The molecule has 0 aromatic carbocycles. The van der Waals surface area contributed by atoms with Gasteiger partial charge in [-0.25, -0.2) is 0 Å². The van der Waals surface area contributed by atoms with E-state index in [-0.39, 0.29) is 0 Å². The highest BCUT2D eigenvalue weighted by atomic mass is 16.5. The van der Waals surface area contributed by atoms with Crippen molar-refractivity contribution in [1.82, 2.24) is 0 Å². The van der Waals surface area contributed by atoms with E-state index in [1.807, 2.05) is 0 Å². The molecule has 0 N–H and O–H groups in total. The second kappa shape index (κ2) is 1.83. The molecule has 7 heavy (non-hydrogen) atoms. The molecule has 1 unspecified atom stereocenters. The van der Waals surface area contributed by atoms with Crippen LogP contribution in [0.1, 0.15) is 20.3 Å². The van der Waals surface area contributed by atoms with Gasteiger partial charge in [0.2, 0.25) is 0 Å². The Bertz CT molecular complexity index is 55.2. The zero-order chi connectivity index (χ0) is 5.28. The van der Waals surface area contributed by atoms with E-state index in [1.165, 1.54) is 6.42 Å². The fraction of sp³-hybridized carbons (Fsp3) is 1.00. The zero-order valence-electron chi connectivity index (χ0n) is 4.98. The first kappa shape index (κ1) is 5.10. The van der Waals surface area contributed by atoms with E-state index in [0.29, 0.717) is 6.10 Å². The van der Waals surface area contributed by atoms with E-state index in [4.69, 9.17) is 4.74 Å². The van der Waals surface area contributed by atoms with Crippen LogP contribution in [0.4, 0.5) is 0 Å². The van der Waals surface area contributed by atoms with E-state index in [0.717, 1.165) is 12.5 Å². The Labute approximate surface area is 44.7 Å². The first-order valence-electron chi connectivity index (χ1n) is 2.92. The summed E-state index contributed by atoms with van der Waals surface area (Å²) in [6, 6.07) is 0. The van der Waals surface area contributed by atoms with Crippen molar-refractivity contribution in [3.05, 3.63) is 0 Å². The fourth-order valence-corrected chi connectivity index (χ4v) is 0.780. The highest BCUT2D eigenvalue weighted by Gasteiger charge is 2.20. The monoisotopic (exact) mass is 100 g/mol. The standard InChI is InChI=1S/C6H12O/c1-5(2)6-3-4-7-6/h5-6H,3-4H2,1-2H3. The smallest absolute Gasteiger partial charge is 0.0619 e. The lowest BCUT2D eigenvalue weighted by molar-refractivity contribution is -0.0763. The molecule has 0 aliphatic carbocycles. The second-order valence-corrected chi connectivity index (χ2v) is 2.44. The van der Waals surface area contributed by atoms with E-state index >= 15 is 0 Å². The van der Waals surface area contributed by atoms with E-state index in [9.17, 15) is 0 Å². The highest BCUT2D eigenvalue weighted by molar-refractivity contribution is 4.68. The summed E-state index contributed by atoms with van der Waals surface area (Å²) in [7, 11) is 0. The molecule has 0 spiro atoms. The molecule has 0 amide bonds. The summed E-state index contributed by atoms with van der Waals surface area (Å²) in [6.07, 6.45) is 1.86. The third kappa shape index (κ3) is 0.942. The van der Waals surface area contributed by atoms with Crippen LogP contribution in [0.3, 0.4) is 0 Å². The Kier molecular flexibility index (Phi) is 1.33. The van der Waals surface area contributed by atoms with Crippen LogP contribution in [0.15, 0.2) is 0 Å². The third-order valence-corrected chi connectivity index (χ3v) is 1.48. The molecule has 0 saturated carbocycles. The summed E-state index contributed by atoms with van der Waals surface area (Å²) in [4.78, 5) is 0. The first-order valence-corrected chi connectivity index (χ1v) is 2.92. The van der Waals surface area contributed by atoms with E-state index in [1.54, 1.807) is 0 Å². The van der Waals surface area contributed by atoms with Gasteiger partial charge in [-0.15, -0.1) is 0 Å². The molecular weight excluding hydrogens is 88.1 g/mol. The van der Waals surface area contributed by atoms with Crippen molar-refractivity contribution in [2.24, 2.45) is 5.92 Å². The Morgan fingerprint density at radius 3 is 2.14 bits per heavy atom. The minimum absolute atomic E-state index is 0.583. The first-order chi connectivity index (χ1) is 3.30. The third-order valence-electron chi connectivity index (χ3n) is 1.48. The zero-order valence-corrected chi connectivity index (χ0v) is 4.98. The molecular formula is C6H12O. The molecule has 1 heterocycles. The molecule has 1 nitrogen and oxygen atoms in total. The van der Waals surface area contributed by atoms with Crippen molar-refractivity contribution >= 4 is 0 Å². The summed E-state index contributed by atoms with van der Waals surface area (Å²) in [5, 5.41) is 0. The minimum atomic E-state index is 0.583. The van der Waals surface area contributed by atoms with E-state index in [2.05, 4.69) is 13.8 Å². The molecule has 0 bridgehead atoms. The van der Waals surface area contributed by atoms with Gasteiger partial charge in [0.1, 0.15) is 0 Å². The maximum absolute atomic E-state index is 5.19. The molecule has 0 radical (unpaired) electrons. The molecule has 1 atom stereocenters. The number of ether oxygens (including phenoxy) is 1. The molecule has 1 saturated heterocycles. The van der Waals surface area contributed by atoms with Crippen LogP contribution in [0, 0.1) is 5.92 Å². The lowest BCUT2D eigenvalue weighted by Gasteiger charge is -2.29. The van der Waals surface area contributed by atoms with Gasteiger partial charge in [-0.1, -0.05) is 13.8 Å². The molecule has 0 aromatic heterocycles. The number of hydrogen-bond donors (Lipinski definition) is 0. The van der Waals surface area contributed by atoms with E-state index < -0.39 is 0 Å².